The third-order valence-electron chi connectivity index (χ3n) is 3.84. The number of benzene rings is 2. The maximum absolute atomic E-state index is 12.8. The summed E-state index contributed by atoms with van der Waals surface area (Å²) in [5, 5.41) is 10.7. The number of non-ortho nitro benzene ring substituents is 1. The minimum absolute atomic E-state index is 0.00502. The molecule has 26 heavy (non-hydrogen) atoms. The third kappa shape index (κ3) is 4.12. The van der Waals surface area contributed by atoms with E-state index in [1.54, 1.807) is 25.1 Å². The van der Waals surface area contributed by atoms with Crippen molar-refractivity contribution >= 4 is 15.7 Å². The predicted molar refractivity (Wildman–Crippen MR) is 95.9 cm³/mol. The highest BCUT2D eigenvalue weighted by Crippen LogP contribution is 2.29. The molecule has 0 spiro atoms. The van der Waals surface area contributed by atoms with Gasteiger partial charge in [0.1, 0.15) is 0 Å². The summed E-state index contributed by atoms with van der Waals surface area (Å²) < 4.78 is 37.4. The standard InChI is InChI=1S/C17H20N2O6S/c1-4-18(12-13-5-10-16(24-2)17(11-13)25-3)26(22,23)15-8-6-14(7-9-15)19(20)21/h5-11H,4,12H2,1-3H3. The second-order valence-corrected chi connectivity index (χ2v) is 7.31. The normalized spacial score (nSPS) is 11.4. The molecule has 8 nitrogen and oxygen atoms in total. The summed E-state index contributed by atoms with van der Waals surface area (Å²) in [4.78, 5) is 10.2. The number of hydrogen-bond acceptors (Lipinski definition) is 6. The molecule has 9 heteroatoms. The van der Waals surface area contributed by atoms with E-state index in [0.29, 0.717) is 11.5 Å². The van der Waals surface area contributed by atoms with E-state index < -0.39 is 14.9 Å². The lowest BCUT2D eigenvalue weighted by Gasteiger charge is -2.21. The maximum Gasteiger partial charge on any atom is 0.269 e. The van der Waals surface area contributed by atoms with E-state index in [2.05, 4.69) is 0 Å². The van der Waals surface area contributed by atoms with Crippen molar-refractivity contribution < 1.29 is 22.8 Å². The Bertz CT molecular complexity index is 881. The van der Waals surface area contributed by atoms with Gasteiger partial charge in [0, 0.05) is 25.2 Å². The number of ether oxygens (including phenoxy) is 2. The molecule has 0 heterocycles. The second-order valence-electron chi connectivity index (χ2n) is 5.37. The van der Waals surface area contributed by atoms with Gasteiger partial charge in [-0.25, -0.2) is 8.42 Å². The van der Waals surface area contributed by atoms with Crippen molar-refractivity contribution in [2.24, 2.45) is 0 Å². The molecule has 0 N–H and O–H groups in total. The van der Waals surface area contributed by atoms with Crippen molar-refractivity contribution in [1.29, 1.82) is 0 Å². The Hall–Kier alpha value is -2.65. The highest BCUT2D eigenvalue weighted by atomic mass is 32.2. The number of hydrogen-bond donors (Lipinski definition) is 0. The summed E-state index contributed by atoms with van der Waals surface area (Å²) in [6.45, 7) is 2.10. The largest absolute Gasteiger partial charge is 0.493 e. The first-order valence-electron chi connectivity index (χ1n) is 7.79. The minimum Gasteiger partial charge on any atom is -0.493 e. The first kappa shape index (κ1) is 19.7. The number of methoxy groups -OCH3 is 2. The maximum atomic E-state index is 12.8. The Morgan fingerprint density at radius 2 is 1.65 bits per heavy atom. The van der Waals surface area contributed by atoms with Gasteiger partial charge in [0.2, 0.25) is 10.0 Å². The molecular weight excluding hydrogens is 360 g/mol. The number of nitro benzene ring substituents is 1. The highest BCUT2D eigenvalue weighted by Gasteiger charge is 2.24. The SMILES string of the molecule is CCN(Cc1ccc(OC)c(OC)c1)S(=O)(=O)c1ccc([N+](=O)[O-])cc1. The van der Waals surface area contributed by atoms with E-state index in [1.807, 2.05) is 0 Å². The summed E-state index contributed by atoms with van der Waals surface area (Å²) >= 11 is 0. The van der Waals surface area contributed by atoms with Gasteiger partial charge in [-0.05, 0) is 29.8 Å². The number of nitrogens with zero attached hydrogens (tertiary/aromatic N) is 2. The van der Waals surface area contributed by atoms with Crippen molar-refractivity contribution in [1.82, 2.24) is 4.31 Å². The lowest BCUT2D eigenvalue weighted by molar-refractivity contribution is -0.384. The molecule has 0 fully saturated rings. The highest BCUT2D eigenvalue weighted by molar-refractivity contribution is 7.89. The monoisotopic (exact) mass is 380 g/mol. The minimum atomic E-state index is -3.79. The molecule has 0 bridgehead atoms. The van der Waals surface area contributed by atoms with Crippen molar-refractivity contribution in [3.63, 3.8) is 0 Å². The zero-order chi connectivity index (χ0) is 19.3. The van der Waals surface area contributed by atoms with Crippen LogP contribution in [-0.2, 0) is 16.6 Å². The van der Waals surface area contributed by atoms with Crippen molar-refractivity contribution in [3.05, 3.63) is 58.1 Å². The van der Waals surface area contributed by atoms with Crippen LogP contribution in [0.15, 0.2) is 47.4 Å². The van der Waals surface area contributed by atoms with Crippen LogP contribution in [0.2, 0.25) is 0 Å². The van der Waals surface area contributed by atoms with Crippen LogP contribution in [0.1, 0.15) is 12.5 Å². The molecule has 0 aliphatic heterocycles. The molecule has 0 saturated carbocycles. The van der Waals surface area contributed by atoms with Crippen LogP contribution < -0.4 is 9.47 Å². The smallest absolute Gasteiger partial charge is 0.269 e. The van der Waals surface area contributed by atoms with Crippen LogP contribution >= 0.6 is 0 Å². The lowest BCUT2D eigenvalue weighted by Crippen LogP contribution is -2.30. The van der Waals surface area contributed by atoms with E-state index in [1.165, 1.54) is 42.8 Å². The molecule has 0 unspecified atom stereocenters. The molecule has 2 rings (SSSR count). The zero-order valence-electron chi connectivity index (χ0n) is 14.7. The van der Waals surface area contributed by atoms with E-state index in [4.69, 9.17) is 9.47 Å². The van der Waals surface area contributed by atoms with E-state index in [0.717, 1.165) is 5.56 Å². The van der Waals surface area contributed by atoms with Crippen molar-refractivity contribution in [2.75, 3.05) is 20.8 Å². The van der Waals surface area contributed by atoms with Crippen molar-refractivity contribution in [2.45, 2.75) is 18.4 Å². The quantitative estimate of drug-likeness (QED) is 0.516. The molecule has 0 amide bonds. The van der Waals surface area contributed by atoms with Crippen molar-refractivity contribution in [3.8, 4) is 11.5 Å². The fourth-order valence-electron chi connectivity index (χ4n) is 2.44. The Morgan fingerprint density at radius 1 is 1.04 bits per heavy atom. The molecule has 140 valence electrons. The van der Waals surface area contributed by atoms with Gasteiger partial charge in [0.15, 0.2) is 11.5 Å². The third-order valence-corrected chi connectivity index (χ3v) is 5.78. The summed E-state index contributed by atoms with van der Waals surface area (Å²) in [5.41, 5.74) is 0.571. The summed E-state index contributed by atoms with van der Waals surface area (Å²) in [6.07, 6.45) is 0. The summed E-state index contributed by atoms with van der Waals surface area (Å²) in [6, 6.07) is 10.0. The van der Waals surface area contributed by atoms with Crippen LogP contribution in [-0.4, -0.2) is 38.4 Å². The zero-order valence-corrected chi connectivity index (χ0v) is 15.5. The number of sulfonamides is 1. The molecule has 0 aliphatic carbocycles. The first-order chi connectivity index (χ1) is 12.3. The predicted octanol–water partition coefficient (Wildman–Crippen LogP) is 2.82. The van der Waals surface area contributed by atoms with Crippen LogP contribution in [0.5, 0.6) is 11.5 Å². The van der Waals surface area contributed by atoms with E-state index in [9.17, 15) is 18.5 Å². The van der Waals surface area contributed by atoms with Gasteiger partial charge >= 0.3 is 0 Å². The molecular formula is C17H20N2O6S. The lowest BCUT2D eigenvalue weighted by atomic mass is 10.2. The van der Waals surface area contributed by atoms with Gasteiger partial charge < -0.3 is 9.47 Å². The Balaban J connectivity index is 2.30. The number of nitro groups is 1. The first-order valence-corrected chi connectivity index (χ1v) is 9.23. The van der Waals surface area contributed by atoms with Gasteiger partial charge in [-0.1, -0.05) is 13.0 Å². The average molecular weight is 380 g/mol. The van der Waals surface area contributed by atoms with Gasteiger partial charge in [0.05, 0.1) is 24.0 Å². The van der Waals surface area contributed by atoms with Crippen LogP contribution in [0.25, 0.3) is 0 Å². The molecule has 0 aliphatic rings. The van der Waals surface area contributed by atoms with Gasteiger partial charge in [-0.3, -0.25) is 10.1 Å². The molecule has 0 atom stereocenters. The molecule has 0 aromatic heterocycles. The van der Waals surface area contributed by atoms with E-state index in [-0.39, 0.29) is 23.7 Å². The molecule has 2 aromatic rings. The van der Waals surface area contributed by atoms with E-state index >= 15 is 0 Å². The Morgan fingerprint density at radius 3 is 2.15 bits per heavy atom. The average Bonchev–Trinajstić information content (AvgIpc) is 2.65. The topological polar surface area (TPSA) is 99.0 Å². The fourth-order valence-corrected chi connectivity index (χ4v) is 3.88. The molecule has 0 radical (unpaired) electrons. The van der Waals surface area contributed by atoms with Gasteiger partial charge in [0.25, 0.3) is 5.69 Å². The van der Waals surface area contributed by atoms with Crippen LogP contribution in [0.3, 0.4) is 0 Å². The number of rotatable bonds is 8. The van der Waals surface area contributed by atoms with Gasteiger partial charge in [-0.2, -0.15) is 4.31 Å². The van der Waals surface area contributed by atoms with Gasteiger partial charge in [-0.15, -0.1) is 0 Å². The summed E-state index contributed by atoms with van der Waals surface area (Å²) in [5.74, 6) is 1.06. The summed E-state index contributed by atoms with van der Waals surface area (Å²) in [7, 11) is -0.759. The fraction of sp³-hybridized carbons (Fsp3) is 0.294. The van der Waals surface area contributed by atoms with Crippen LogP contribution in [0.4, 0.5) is 5.69 Å². The second kappa shape index (κ2) is 8.15. The Labute approximate surface area is 152 Å². The molecule has 2 aromatic carbocycles. The Kier molecular flexibility index (Phi) is 6.17. The molecule has 0 saturated heterocycles. The van der Waals surface area contributed by atoms with Crippen LogP contribution in [0, 0.1) is 10.1 Å².